The molecule has 0 fully saturated rings. The number of nitrogens with one attached hydrogen (secondary N) is 2. The lowest BCUT2D eigenvalue weighted by Gasteiger charge is -2.09. The molecule has 108 valence electrons. The number of aromatic amines is 1. The van der Waals surface area contributed by atoms with E-state index in [0.29, 0.717) is 0 Å². The summed E-state index contributed by atoms with van der Waals surface area (Å²) in [5.74, 6) is 0. The molecule has 0 radical (unpaired) electrons. The van der Waals surface area contributed by atoms with Crippen molar-refractivity contribution >= 4 is 28.9 Å². The third kappa shape index (κ3) is 2.32. The molecule has 0 aliphatic carbocycles. The van der Waals surface area contributed by atoms with E-state index in [1.54, 1.807) is 0 Å². The molecule has 3 aromatic rings. The van der Waals surface area contributed by atoms with Crippen LogP contribution in [0.3, 0.4) is 0 Å². The fraction of sp³-hybridized carbons (Fsp3) is 0.0526. The molecule has 0 unspecified atom stereocenters. The van der Waals surface area contributed by atoms with Gasteiger partial charge in [-0.25, -0.2) is 0 Å². The Bertz CT molecular complexity index is 848. The van der Waals surface area contributed by atoms with Crippen molar-refractivity contribution < 1.29 is 0 Å². The lowest BCUT2D eigenvalue weighted by atomic mass is 9.94. The number of H-pyrrole nitrogens is 1. The number of hydrogen-bond donors (Lipinski definition) is 2. The summed E-state index contributed by atoms with van der Waals surface area (Å²) in [7, 11) is 0. The number of anilines is 1. The summed E-state index contributed by atoms with van der Waals surface area (Å²) in [6.07, 6.45) is 4.14. The predicted molar refractivity (Wildman–Crippen MR) is 94.0 cm³/mol. The molecule has 2 aromatic carbocycles. The number of halogens is 1. The quantitative estimate of drug-likeness (QED) is 0.660. The molecule has 0 atom stereocenters. The van der Waals surface area contributed by atoms with Crippen molar-refractivity contribution in [3.63, 3.8) is 0 Å². The Kier molecular flexibility index (Phi) is 3.24. The van der Waals surface area contributed by atoms with Crippen LogP contribution in [0.15, 0.2) is 60.8 Å². The second-order valence-electron chi connectivity index (χ2n) is 5.39. The van der Waals surface area contributed by atoms with Crippen LogP contribution in [0, 0.1) is 0 Å². The highest BCUT2D eigenvalue weighted by molar-refractivity contribution is 6.30. The topological polar surface area (TPSA) is 27.8 Å². The first-order valence-corrected chi connectivity index (χ1v) is 7.66. The first-order chi connectivity index (χ1) is 10.8. The molecule has 1 aromatic heterocycles. The van der Waals surface area contributed by atoms with E-state index in [-0.39, 0.29) is 0 Å². The number of hydrogen-bond acceptors (Lipinski definition) is 1. The van der Waals surface area contributed by atoms with Crippen molar-refractivity contribution in [1.29, 1.82) is 0 Å². The molecular formula is C19H15ClN2. The zero-order chi connectivity index (χ0) is 14.9. The molecule has 1 aliphatic rings. The van der Waals surface area contributed by atoms with E-state index in [2.05, 4.69) is 46.7 Å². The third-order valence-electron chi connectivity index (χ3n) is 3.94. The van der Waals surface area contributed by atoms with Gasteiger partial charge in [0.2, 0.25) is 0 Å². The van der Waals surface area contributed by atoms with E-state index in [0.717, 1.165) is 22.8 Å². The van der Waals surface area contributed by atoms with Gasteiger partial charge in [0.1, 0.15) is 0 Å². The fourth-order valence-corrected chi connectivity index (χ4v) is 3.16. The normalized spacial score (nSPS) is 14.9. The molecule has 0 saturated carbocycles. The van der Waals surface area contributed by atoms with E-state index >= 15 is 0 Å². The predicted octanol–water partition coefficient (Wildman–Crippen LogP) is 5.30. The van der Waals surface area contributed by atoms with Gasteiger partial charge in [-0.2, -0.15) is 0 Å². The van der Waals surface area contributed by atoms with Gasteiger partial charge < -0.3 is 10.3 Å². The first-order valence-electron chi connectivity index (χ1n) is 7.28. The van der Waals surface area contributed by atoms with Crippen molar-refractivity contribution in [3.8, 4) is 11.1 Å². The Balaban J connectivity index is 1.88. The zero-order valence-electron chi connectivity index (χ0n) is 11.9. The van der Waals surface area contributed by atoms with Crippen LogP contribution in [-0.4, -0.2) is 11.5 Å². The molecule has 0 spiro atoms. The van der Waals surface area contributed by atoms with Gasteiger partial charge in [0.25, 0.3) is 0 Å². The van der Waals surface area contributed by atoms with Crippen LogP contribution in [0.25, 0.3) is 22.8 Å². The van der Waals surface area contributed by atoms with Gasteiger partial charge in [0.15, 0.2) is 0 Å². The maximum Gasteiger partial charge on any atom is 0.0426 e. The van der Waals surface area contributed by atoms with Crippen LogP contribution in [0.1, 0.15) is 11.3 Å². The standard InChI is InChI=1S/C19H15ClN2/c20-15-5-1-4-13(10-15)17-7-2-8-18-19(17)14(12-22-18)11-16-6-3-9-21-16/h1-11,21-22H,12H2/b14-11+. The van der Waals surface area contributed by atoms with Gasteiger partial charge in [0.05, 0.1) is 0 Å². The number of aromatic nitrogens is 1. The molecular weight excluding hydrogens is 292 g/mol. The fourth-order valence-electron chi connectivity index (χ4n) is 2.97. The van der Waals surface area contributed by atoms with Crippen LogP contribution in [0.2, 0.25) is 5.02 Å². The summed E-state index contributed by atoms with van der Waals surface area (Å²) >= 11 is 6.16. The minimum absolute atomic E-state index is 0.760. The highest BCUT2D eigenvalue weighted by atomic mass is 35.5. The largest absolute Gasteiger partial charge is 0.380 e. The molecule has 4 rings (SSSR count). The summed E-state index contributed by atoms with van der Waals surface area (Å²) < 4.78 is 0. The van der Waals surface area contributed by atoms with Crippen LogP contribution in [-0.2, 0) is 0 Å². The summed E-state index contributed by atoms with van der Waals surface area (Å²) in [5, 5.41) is 4.23. The highest BCUT2D eigenvalue weighted by Crippen LogP contribution is 2.39. The zero-order valence-corrected chi connectivity index (χ0v) is 12.7. The van der Waals surface area contributed by atoms with Crippen LogP contribution >= 0.6 is 11.6 Å². The van der Waals surface area contributed by atoms with Crippen LogP contribution in [0.4, 0.5) is 5.69 Å². The van der Waals surface area contributed by atoms with Crippen molar-refractivity contribution in [2.75, 3.05) is 11.9 Å². The van der Waals surface area contributed by atoms with Gasteiger partial charge in [-0.15, -0.1) is 0 Å². The van der Waals surface area contributed by atoms with E-state index in [4.69, 9.17) is 11.6 Å². The summed E-state index contributed by atoms with van der Waals surface area (Å²) in [5.41, 5.74) is 7.20. The maximum atomic E-state index is 6.16. The molecule has 0 saturated heterocycles. The average molecular weight is 307 g/mol. The molecule has 0 amide bonds. The molecule has 1 aliphatic heterocycles. The summed E-state index contributed by atoms with van der Waals surface area (Å²) in [6.45, 7) is 0.839. The Hall–Kier alpha value is -2.45. The molecule has 3 heteroatoms. The number of benzene rings is 2. The van der Waals surface area contributed by atoms with Gasteiger partial charge in [-0.05, 0) is 53.1 Å². The molecule has 22 heavy (non-hydrogen) atoms. The Labute approximate surface area is 134 Å². The number of fused-ring (bicyclic) bond motifs is 1. The minimum Gasteiger partial charge on any atom is -0.380 e. The Morgan fingerprint density at radius 1 is 1.00 bits per heavy atom. The molecule has 2 nitrogen and oxygen atoms in total. The summed E-state index contributed by atoms with van der Waals surface area (Å²) in [6, 6.07) is 18.5. The van der Waals surface area contributed by atoms with Gasteiger partial charge in [-0.3, -0.25) is 0 Å². The average Bonchev–Trinajstić information content (AvgIpc) is 3.18. The van der Waals surface area contributed by atoms with E-state index in [1.165, 1.54) is 22.4 Å². The number of rotatable bonds is 2. The van der Waals surface area contributed by atoms with E-state index < -0.39 is 0 Å². The lowest BCUT2D eigenvalue weighted by molar-refractivity contribution is 1.37. The second kappa shape index (κ2) is 5.39. The van der Waals surface area contributed by atoms with E-state index in [9.17, 15) is 0 Å². The molecule has 2 heterocycles. The molecule has 2 N–H and O–H groups in total. The van der Waals surface area contributed by atoms with Crippen molar-refractivity contribution in [3.05, 3.63) is 77.1 Å². The smallest absolute Gasteiger partial charge is 0.0426 e. The minimum atomic E-state index is 0.760. The van der Waals surface area contributed by atoms with Crippen LogP contribution < -0.4 is 5.32 Å². The third-order valence-corrected chi connectivity index (χ3v) is 4.18. The lowest BCUT2D eigenvalue weighted by Crippen LogP contribution is -1.91. The van der Waals surface area contributed by atoms with E-state index in [1.807, 2.05) is 30.5 Å². The van der Waals surface area contributed by atoms with Crippen molar-refractivity contribution in [2.45, 2.75) is 0 Å². The maximum absolute atomic E-state index is 6.16. The van der Waals surface area contributed by atoms with Crippen molar-refractivity contribution in [1.82, 2.24) is 4.98 Å². The van der Waals surface area contributed by atoms with Crippen LogP contribution in [0.5, 0.6) is 0 Å². The van der Waals surface area contributed by atoms with Crippen molar-refractivity contribution in [2.24, 2.45) is 0 Å². The monoisotopic (exact) mass is 306 g/mol. The second-order valence-corrected chi connectivity index (χ2v) is 5.82. The molecule has 0 bridgehead atoms. The first kappa shape index (κ1) is 13.2. The SMILES string of the molecule is Clc1cccc(-c2cccc3c2/C(=C/c2ccc[nH]2)CN3)c1. The summed E-state index contributed by atoms with van der Waals surface area (Å²) in [4.78, 5) is 3.24. The Morgan fingerprint density at radius 3 is 2.73 bits per heavy atom. The van der Waals surface area contributed by atoms with Gasteiger partial charge >= 0.3 is 0 Å². The highest BCUT2D eigenvalue weighted by Gasteiger charge is 2.20. The Morgan fingerprint density at radius 2 is 1.91 bits per heavy atom. The van der Waals surface area contributed by atoms with Gasteiger partial charge in [-0.1, -0.05) is 35.9 Å². The van der Waals surface area contributed by atoms with Gasteiger partial charge in [0, 0.05) is 34.7 Å².